The van der Waals surface area contributed by atoms with E-state index in [0.29, 0.717) is 5.69 Å². The molecule has 0 spiro atoms. The van der Waals surface area contributed by atoms with E-state index in [4.69, 9.17) is 0 Å². The first-order chi connectivity index (χ1) is 11.6. The lowest BCUT2D eigenvalue weighted by atomic mass is 10.1. The lowest BCUT2D eigenvalue weighted by Gasteiger charge is -2.11. The maximum Gasteiger partial charge on any atom is 0.275 e. The van der Waals surface area contributed by atoms with E-state index in [1.54, 1.807) is 6.07 Å². The van der Waals surface area contributed by atoms with Crippen molar-refractivity contribution in [3.63, 3.8) is 0 Å². The zero-order valence-corrected chi connectivity index (χ0v) is 15.0. The van der Waals surface area contributed by atoms with Crippen molar-refractivity contribution in [2.75, 3.05) is 18.4 Å². The Hall–Kier alpha value is -2.18. The second-order valence-corrected chi connectivity index (χ2v) is 6.30. The van der Waals surface area contributed by atoms with E-state index in [-0.39, 0.29) is 30.9 Å². The van der Waals surface area contributed by atoms with E-state index in [2.05, 4.69) is 26.6 Å². The Bertz CT molecular complexity index is 692. The van der Waals surface area contributed by atoms with Crippen LogP contribution in [0.15, 0.2) is 59.1 Å². The molecule has 0 aromatic heterocycles. The van der Waals surface area contributed by atoms with E-state index in [9.17, 15) is 9.59 Å². The Morgan fingerprint density at radius 2 is 1.71 bits per heavy atom. The first-order valence-electron chi connectivity index (χ1n) is 7.75. The van der Waals surface area contributed by atoms with Crippen LogP contribution in [0.3, 0.4) is 0 Å². The third-order valence-electron chi connectivity index (χ3n) is 3.58. The van der Waals surface area contributed by atoms with Gasteiger partial charge < -0.3 is 16.0 Å². The summed E-state index contributed by atoms with van der Waals surface area (Å²) >= 11 is 3.36. The lowest BCUT2D eigenvalue weighted by molar-refractivity contribution is -0.682. The van der Waals surface area contributed by atoms with Crippen LogP contribution < -0.4 is 16.0 Å². The molecule has 0 heterocycles. The Morgan fingerprint density at radius 3 is 2.42 bits per heavy atom. The summed E-state index contributed by atoms with van der Waals surface area (Å²) in [6.45, 7) is 2.27. The zero-order valence-electron chi connectivity index (χ0n) is 13.5. The number of amides is 2. The van der Waals surface area contributed by atoms with Crippen LogP contribution in [-0.4, -0.2) is 24.9 Å². The van der Waals surface area contributed by atoms with E-state index in [1.165, 1.54) is 0 Å². The molecule has 1 atom stereocenters. The number of benzene rings is 2. The van der Waals surface area contributed by atoms with Crippen LogP contribution in [0.25, 0.3) is 0 Å². The topological polar surface area (TPSA) is 74.8 Å². The summed E-state index contributed by atoms with van der Waals surface area (Å²) in [5.74, 6) is -0.425. The van der Waals surface area contributed by atoms with Crippen molar-refractivity contribution < 1.29 is 14.9 Å². The SMILES string of the molecule is C[C@@H]([NH2+]CC(=O)NCC(=O)Nc1ccccc1Br)c1ccccc1. The molecule has 24 heavy (non-hydrogen) atoms. The first kappa shape index (κ1) is 18.2. The van der Waals surface area contributed by atoms with E-state index >= 15 is 0 Å². The molecule has 0 aliphatic carbocycles. The van der Waals surface area contributed by atoms with Crippen molar-refractivity contribution in [1.29, 1.82) is 0 Å². The third-order valence-corrected chi connectivity index (χ3v) is 4.27. The first-order valence-corrected chi connectivity index (χ1v) is 8.55. The Balaban J connectivity index is 1.71. The molecule has 2 aromatic carbocycles. The summed E-state index contributed by atoms with van der Waals surface area (Å²) in [4.78, 5) is 23.7. The molecule has 5 nitrogen and oxygen atoms in total. The smallest absolute Gasteiger partial charge is 0.275 e. The fourth-order valence-electron chi connectivity index (χ4n) is 2.18. The molecule has 0 saturated heterocycles. The number of carbonyl (C=O) groups excluding carboxylic acids is 2. The summed E-state index contributed by atoms with van der Waals surface area (Å²) in [5.41, 5.74) is 1.85. The van der Waals surface area contributed by atoms with Crippen molar-refractivity contribution in [1.82, 2.24) is 5.32 Å². The van der Waals surface area contributed by atoms with Crippen LogP contribution in [0.1, 0.15) is 18.5 Å². The van der Waals surface area contributed by atoms with Gasteiger partial charge in [0.15, 0.2) is 6.54 Å². The van der Waals surface area contributed by atoms with Crippen molar-refractivity contribution >= 4 is 33.4 Å². The van der Waals surface area contributed by atoms with E-state index in [1.807, 2.05) is 60.8 Å². The van der Waals surface area contributed by atoms with Crippen LogP contribution in [0, 0.1) is 0 Å². The number of para-hydroxylation sites is 1. The van der Waals surface area contributed by atoms with Crippen molar-refractivity contribution in [2.45, 2.75) is 13.0 Å². The average Bonchev–Trinajstić information content (AvgIpc) is 2.60. The molecule has 0 saturated carbocycles. The number of carbonyl (C=O) groups is 2. The fourth-order valence-corrected chi connectivity index (χ4v) is 2.57. The van der Waals surface area contributed by atoms with Crippen molar-refractivity contribution in [3.05, 3.63) is 64.6 Å². The molecular weight excluding hydrogens is 370 g/mol. The quantitative estimate of drug-likeness (QED) is 0.674. The fraction of sp³-hybridized carbons (Fsp3) is 0.222. The number of quaternary nitrogens is 1. The lowest BCUT2D eigenvalue weighted by Crippen LogP contribution is -2.87. The molecule has 2 amide bonds. The van der Waals surface area contributed by atoms with Gasteiger partial charge in [-0.15, -0.1) is 0 Å². The molecule has 0 aliphatic heterocycles. The molecule has 0 radical (unpaired) electrons. The van der Waals surface area contributed by atoms with E-state index in [0.717, 1.165) is 10.0 Å². The van der Waals surface area contributed by atoms with Gasteiger partial charge in [0.05, 0.1) is 12.2 Å². The highest BCUT2D eigenvalue weighted by Gasteiger charge is 2.12. The van der Waals surface area contributed by atoms with Gasteiger partial charge >= 0.3 is 0 Å². The monoisotopic (exact) mass is 390 g/mol. The maximum absolute atomic E-state index is 11.9. The van der Waals surface area contributed by atoms with Crippen LogP contribution in [0.5, 0.6) is 0 Å². The minimum Gasteiger partial charge on any atom is -0.342 e. The molecule has 2 rings (SSSR count). The Morgan fingerprint density at radius 1 is 1.04 bits per heavy atom. The molecule has 0 fully saturated rings. The van der Waals surface area contributed by atoms with Gasteiger partial charge in [0.25, 0.3) is 5.91 Å². The third kappa shape index (κ3) is 5.79. The van der Waals surface area contributed by atoms with Gasteiger partial charge in [-0.2, -0.15) is 0 Å². The number of halogens is 1. The normalized spacial score (nSPS) is 11.6. The van der Waals surface area contributed by atoms with Crippen molar-refractivity contribution in [3.8, 4) is 0 Å². The summed E-state index contributed by atoms with van der Waals surface area (Å²) in [5, 5.41) is 7.32. The number of anilines is 1. The number of hydrogen-bond acceptors (Lipinski definition) is 2. The summed E-state index contributed by atoms with van der Waals surface area (Å²) in [7, 11) is 0. The standard InChI is InChI=1S/C18H20BrN3O2/c1-13(14-7-3-2-4-8-14)20-11-17(23)21-12-18(24)22-16-10-6-5-9-15(16)19/h2-10,13,20H,11-12H2,1H3,(H,21,23)(H,22,24)/p+1/t13-/m1/s1. The van der Waals surface area contributed by atoms with Crippen LogP contribution in [-0.2, 0) is 9.59 Å². The Kier molecular flexibility index (Phi) is 6.96. The largest absolute Gasteiger partial charge is 0.342 e. The van der Waals surface area contributed by atoms with Gasteiger partial charge in [-0.3, -0.25) is 9.59 Å². The summed E-state index contributed by atoms with van der Waals surface area (Å²) < 4.78 is 0.801. The molecule has 4 N–H and O–H groups in total. The predicted molar refractivity (Wildman–Crippen MR) is 97.4 cm³/mol. The summed E-state index contributed by atoms with van der Waals surface area (Å²) in [6.07, 6.45) is 0. The summed E-state index contributed by atoms with van der Waals surface area (Å²) in [6, 6.07) is 17.5. The average molecular weight is 391 g/mol. The van der Waals surface area contributed by atoms with Gasteiger partial charge in [0.2, 0.25) is 5.91 Å². The van der Waals surface area contributed by atoms with Crippen LogP contribution in [0.2, 0.25) is 0 Å². The number of rotatable bonds is 7. The van der Waals surface area contributed by atoms with Gasteiger partial charge in [0.1, 0.15) is 6.04 Å². The van der Waals surface area contributed by atoms with Crippen molar-refractivity contribution in [2.24, 2.45) is 0 Å². The highest BCUT2D eigenvalue weighted by Crippen LogP contribution is 2.20. The zero-order chi connectivity index (χ0) is 17.4. The predicted octanol–water partition coefficient (Wildman–Crippen LogP) is 1.83. The molecule has 126 valence electrons. The minimum absolute atomic E-state index is 0.0479. The second-order valence-electron chi connectivity index (χ2n) is 5.44. The second kappa shape index (κ2) is 9.20. The maximum atomic E-state index is 11.9. The number of nitrogens with two attached hydrogens (primary N) is 1. The molecule has 6 heteroatoms. The molecule has 0 aliphatic rings. The van der Waals surface area contributed by atoms with E-state index < -0.39 is 0 Å². The van der Waals surface area contributed by atoms with Crippen LogP contribution >= 0.6 is 15.9 Å². The van der Waals surface area contributed by atoms with Crippen LogP contribution in [0.4, 0.5) is 5.69 Å². The highest BCUT2D eigenvalue weighted by atomic mass is 79.9. The number of hydrogen-bond donors (Lipinski definition) is 3. The molecule has 2 aromatic rings. The van der Waals surface area contributed by atoms with Gasteiger partial charge in [-0.1, -0.05) is 42.5 Å². The molecule has 0 unspecified atom stereocenters. The molecular formula is C18H21BrN3O2+. The van der Waals surface area contributed by atoms with Gasteiger partial charge in [-0.05, 0) is 35.0 Å². The Labute approximate surface area is 150 Å². The minimum atomic E-state index is -0.258. The number of nitrogens with one attached hydrogen (secondary N) is 2. The molecule has 0 bridgehead atoms. The van der Waals surface area contributed by atoms with Gasteiger partial charge in [-0.25, -0.2) is 0 Å². The highest BCUT2D eigenvalue weighted by molar-refractivity contribution is 9.10. The van der Waals surface area contributed by atoms with Gasteiger partial charge in [0, 0.05) is 10.0 Å².